The number of benzene rings is 2. The predicted molar refractivity (Wildman–Crippen MR) is 156 cm³/mol. The highest BCUT2D eigenvalue weighted by molar-refractivity contribution is 5.78. The Labute approximate surface area is 221 Å². The highest BCUT2D eigenvalue weighted by atomic mass is 15.2. The molecule has 36 heavy (non-hydrogen) atoms. The van der Waals surface area contributed by atoms with Crippen LogP contribution in [0.2, 0.25) is 0 Å². The number of allylic oxidation sites excluding steroid dienone is 2. The van der Waals surface area contributed by atoms with E-state index in [1.54, 1.807) is 0 Å². The second kappa shape index (κ2) is 15.6. The Morgan fingerprint density at radius 3 is 1.89 bits per heavy atom. The van der Waals surface area contributed by atoms with E-state index in [9.17, 15) is 5.53 Å². The van der Waals surface area contributed by atoms with E-state index < -0.39 is 0 Å². The van der Waals surface area contributed by atoms with E-state index in [-0.39, 0.29) is 0 Å². The summed E-state index contributed by atoms with van der Waals surface area (Å²) in [7, 11) is 0. The summed E-state index contributed by atoms with van der Waals surface area (Å²) < 4.78 is 1.46. The first-order valence-electron chi connectivity index (χ1n) is 14.8. The zero-order valence-corrected chi connectivity index (χ0v) is 23.2. The van der Waals surface area contributed by atoms with E-state index in [1.807, 2.05) is 0 Å². The SMILES string of the molecule is CCCCCCCCc1cccc(C2=CC(CCCCC)=C(c3ccc(CCCCC)cc3)[N+]2=[N-])c1. The molecule has 0 N–H and O–H groups in total. The summed E-state index contributed by atoms with van der Waals surface area (Å²) in [5, 5.41) is 0. The van der Waals surface area contributed by atoms with E-state index in [4.69, 9.17) is 0 Å². The van der Waals surface area contributed by atoms with Crippen LogP contribution in [0.1, 0.15) is 126 Å². The molecule has 3 rings (SSSR count). The molecule has 2 aromatic carbocycles. The van der Waals surface area contributed by atoms with Gasteiger partial charge in [-0.25, -0.2) is 4.70 Å². The molecule has 0 amide bonds. The second-order valence-corrected chi connectivity index (χ2v) is 10.5. The first kappa shape index (κ1) is 28.1. The summed E-state index contributed by atoms with van der Waals surface area (Å²) in [5.74, 6) is 0. The number of hydrogen-bond acceptors (Lipinski definition) is 0. The van der Waals surface area contributed by atoms with E-state index in [0.29, 0.717) is 0 Å². The average molecular weight is 485 g/mol. The van der Waals surface area contributed by atoms with Crippen molar-refractivity contribution in [1.29, 1.82) is 0 Å². The van der Waals surface area contributed by atoms with Gasteiger partial charge in [0, 0.05) is 22.8 Å². The molecule has 2 heteroatoms. The minimum absolute atomic E-state index is 0.910. The summed E-state index contributed by atoms with van der Waals surface area (Å²) in [6.45, 7) is 6.77. The zero-order chi connectivity index (χ0) is 25.6. The van der Waals surface area contributed by atoms with Crippen molar-refractivity contribution in [3.05, 3.63) is 88.0 Å². The average Bonchev–Trinajstić information content (AvgIpc) is 3.23. The van der Waals surface area contributed by atoms with Crippen LogP contribution in [0.5, 0.6) is 0 Å². The summed E-state index contributed by atoms with van der Waals surface area (Å²) in [6.07, 6.45) is 20.7. The van der Waals surface area contributed by atoms with Gasteiger partial charge in [0.2, 0.25) is 11.4 Å². The molecule has 194 valence electrons. The van der Waals surface area contributed by atoms with Crippen molar-refractivity contribution in [1.82, 2.24) is 0 Å². The molecular weight excluding hydrogens is 436 g/mol. The van der Waals surface area contributed by atoms with Crippen LogP contribution >= 0.6 is 0 Å². The molecule has 0 bridgehead atoms. The Balaban J connectivity index is 1.74. The summed E-state index contributed by atoms with van der Waals surface area (Å²) in [6, 6.07) is 17.7. The molecular formula is C34H48N2. The van der Waals surface area contributed by atoms with Crippen LogP contribution in [-0.2, 0) is 12.8 Å². The zero-order valence-electron chi connectivity index (χ0n) is 23.2. The summed E-state index contributed by atoms with van der Waals surface area (Å²) in [5.41, 5.74) is 19.5. The van der Waals surface area contributed by atoms with Crippen LogP contribution in [0.25, 0.3) is 16.9 Å². The fourth-order valence-corrected chi connectivity index (χ4v) is 5.22. The third-order valence-electron chi connectivity index (χ3n) is 7.44. The normalized spacial score (nSPS) is 13.5. The Hall–Kier alpha value is -2.48. The minimum Gasteiger partial charge on any atom is -0.493 e. The minimum atomic E-state index is 0.910. The van der Waals surface area contributed by atoms with Crippen molar-refractivity contribution in [2.75, 3.05) is 0 Å². The van der Waals surface area contributed by atoms with Crippen LogP contribution in [0, 0.1) is 0 Å². The maximum atomic E-state index is 11.4. The van der Waals surface area contributed by atoms with Crippen molar-refractivity contribution in [3.8, 4) is 0 Å². The summed E-state index contributed by atoms with van der Waals surface area (Å²) >= 11 is 0. The molecule has 0 saturated carbocycles. The van der Waals surface area contributed by atoms with Crippen LogP contribution in [-0.4, -0.2) is 4.70 Å². The quantitative estimate of drug-likeness (QED) is 0.158. The molecule has 1 heterocycles. The lowest BCUT2D eigenvalue weighted by atomic mass is 10.00. The fourth-order valence-electron chi connectivity index (χ4n) is 5.22. The highest BCUT2D eigenvalue weighted by Crippen LogP contribution is 2.37. The molecule has 0 aliphatic carbocycles. The Kier molecular flexibility index (Phi) is 12.2. The lowest BCUT2D eigenvalue weighted by molar-refractivity contribution is -0.344. The van der Waals surface area contributed by atoms with Crippen LogP contribution < -0.4 is 0 Å². The van der Waals surface area contributed by atoms with Crippen molar-refractivity contribution in [2.24, 2.45) is 0 Å². The molecule has 0 saturated heterocycles. The van der Waals surface area contributed by atoms with Gasteiger partial charge in [0.05, 0.1) is 0 Å². The Bertz CT molecular complexity index is 1010. The molecule has 2 aromatic rings. The predicted octanol–water partition coefficient (Wildman–Crippen LogP) is 10.7. The number of unbranched alkanes of at least 4 members (excludes halogenated alkanes) is 9. The largest absolute Gasteiger partial charge is 0.493 e. The third-order valence-corrected chi connectivity index (χ3v) is 7.44. The smallest absolute Gasteiger partial charge is 0.210 e. The molecule has 1 aliphatic heterocycles. The molecule has 0 fully saturated rings. The number of rotatable bonds is 17. The Morgan fingerprint density at radius 2 is 1.17 bits per heavy atom. The van der Waals surface area contributed by atoms with Gasteiger partial charge in [0.25, 0.3) is 0 Å². The lowest BCUT2D eigenvalue weighted by Gasteiger charge is -2.11. The third kappa shape index (κ3) is 8.29. The van der Waals surface area contributed by atoms with E-state index >= 15 is 0 Å². The standard InChI is InChI=1S/C34H48N2/c1-4-7-10-11-12-15-18-29-19-16-21-31(26-29)33-27-32(20-14-9-6-3)34(36(33)35)30-24-22-28(23-25-30)17-13-8-5-2/h16,19,21-27H,4-15,17-18,20H2,1-3H3. The fraction of sp³-hybridized carbons (Fsp3) is 0.529. The monoisotopic (exact) mass is 484 g/mol. The van der Waals surface area contributed by atoms with Crippen LogP contribution in [0.3, 0.4) is 0 Å². The first-order valence-corrected chi connectivity index (χ1v) is 14.8. The van der Waals surface area contributed by atoms with Gasteiger partial charge in [-0.15, -0.1) is 0 Å². The maximum absolute atomic E-state index is 11.4. The molecule has 0 aromatic heterocycles. The molecule has 0 atom stereocenters. The van der Waals surface area contributed by atoms with Gasteiger partial charge < -0.3 is 5.53 Å². The van der Waals surface area contributed by atoms with Gasteiger partial charge >= 0.3 is 0 Å². The molecule has 1 aliphatic rings. The van der Waals surface area contributed by atoms with Crippen molar-refractivity contribution >= 4 is 11.4 Å². The lowest BCUT2D eigenvalue weighted by Crippen LogP contribution is -2.03. The van der Waals surface area contributed by atoms with E-state index in [2.05, 4.69) is 75.4 Å². The van der Waals surface area contributed by atoms with E-state index in [0.717, 1.165) is 48.2 Å². The number of hydrogen-bond donors (Lipinski definition) is 0. The van der Waals surface area contributed by atoms with Gasteiger partial charge in [0.1, 0.15) is 0 Å². The van der Waals surface area contributed by atoms with Crippen molar-refractivity contribution in [2.45, 2.75) is 117 Å². The van der Waals surface area contributed by atoms with Gasteiger partial charge in [-0.1, -0.05) is 103 Å². The maximum Gasteiger partial charge on any atom is 0.210 e. The molecule has 0 spiro atoms. The molecule has 0 radical (unpaired) electrons. The second-order valence-electron chi connectivity index (χ2n) is 10.5. The van der Waals surface area contributed by atoms with Gasteiger partial charge in [-0.3, -0.25) is 0 Å². The van der Waals surface area contributed by atoms with E-state index in [1.165, 1.54) is 92.0 Å². The number of nitrogens with zero attached hydrogens (tertiary/aromatic N) is 2. The first-order chi connectivity index (χ1) is 17.7. The van der Waals surface area contributed by atoms with Crippen molar-refractivity contribution in [3.63, 3.8) is 0 Å². The topological polar surface area (TPSA) is 25.3 Å². The van der Waals surface area contributed by atoms with Gasteiger partial charge in [0.15, 0.2) is 0 Å². The summed E-state index contributed by atoms with van der Waals surface area (Å²) in [4.78, 5) is 0. The number of aryl methyl sites for hydroxylation is 2. The highest BCUT2D eigenvalue weighted by Gasteiger charge is 2.28. The molecule has 2 nitrogen and oxygen atoms in total. The van der Waals surface area contributed by atoms with Gasteiger partial charge in [-0.05, 0) is 73.9 Å². The molecule has 0 unspecified atom stereocenters. The van der Waals surface area contributed by atoms with Crippen LogP contribution in [0.4, 0.5) is 0 Å². The van der Waals surface area contributed by atoms with Gasteiger partial charge in [-0.2, -0.15) is 0 Å². The Morgan fingerprint density at radius 1 is 0.583 bits per heavy atom. The van der Waals surface area contributed by atoms with Crippen molar-refractivity contribution < 1.29 is 4.70 Å². The van der Waals surface area contributed by atoms with Crippen LogP contribution in [0.15, 0.2) is 60.2 Å².